The molecule has 1 saturated heterocycles. The molecule has 0 N–H and O–H groups in total. The van der Waals surface area contributed by atoms with Crippen molar-refractivity contribution in [1.82, 2.24) is 4.90 Å². The van der Waals surface area contributed by atoms with Crippen LogP contribution >= 0.6 is 0 Å². The van der Waals surface area contributed by atoms with Crippen LogP contribution in [0.1, 0.15) is 48.0 Å². The molecule has 2 nitrogen and oxygen atoms in total. The van der Waals surface area contributed by atoms with Crippen LogP contribution in [-0.4, -0.2) is 29.3 Å². The van der Waals surface area contributed by atoms with Crippen molar-refractivity contribution in [2.75, 3.05) is 13.1 Å². The topological polar surface area (TPSA) is 20.3 Å². The molecule has 0 aromatic heterocycles. The summed E-state index contributed by atoms with van der Waals surface area (Å²) in [5.41, 5.74) is 0.0193. The third-order valence-electron chi connectivity index (χ3n) is 3.25. The van der Waals surface area contributed by atoms with Crippen molar-refractivity contribution in [3.05, 3.63) is 0 Å². The number of hydrogen-bond acceptors (Lipinski definition) is 2. The molecule has 1 heterocycles. The summed E-state index contributed by atoms with van der Waals surface area (Å²) in [6.07, 6.45) is 1.04. The molecule has 0 bridgehead atoms. The number of hydrogen-bond donors (Lipinski definition) is 0. The second kappa shape index (κ2) is 3.89. The van der Waals surface area contributed by atoms with E-state index in [9.17, 15) is 4.79 Å². The molecule has 2 heteroatoms. The van der Waals surface area contributed by atoms with Gasteiger partial charge in [-0.05, 0) is 33.7 Å². The number of carbonyl (C=O) groups is 1. The Bertz CT molecular complexity index is 244. The molecule has 1 rings (SSSR count). The van der Waals surface area contributed by atoms with Crippen molar-refractivity contribution in [2.45, 2.75) is 53.5 Å². The zero-order valence-corrected chi connectivity index (χ0v) is 11.1. The van der Waals surface area contributed by atoms with Gasteiger partial charge in [0.05, 0.1) is 0 Å². The maximum Gasteiger partial charge on any atom is 0.142 e. The van der Waals surface area contributed by atoms with E-state index in [1.807, 2.05) is 20.8 Å². The van der Waals surface area contributed by atoms with Crippen LogP contribution in [0.2, 0.25) is 0 Å². The highest BCUT2D eigenvalue weighted by molar-refractivity contribution is 5.86. The van der Waals surface area contributed by atoms with Crippen molar-refractivity contribution < 1.29 is 4.79 Å². The van der Waals surface area contributed by atoms with Crippen molar-refractivity contribution in [2.24, 2.45) is 11.3 Å². The van der Waals surface area contributed by atoms with Gasteiger partial charge in [-0.3, -0.25) is 9.69 Å². The average molecular weight is 211 g/mol. The van der Waals surface area contributed by atoms with E-state index < -0.39 is 0 Å². The number of rotatable bonds is 1. The van der Waals surface area contributed by atoms with Gasteiger partial charge in [-0.25, -0.2) is 0 Å². The fourth-order valence-corrected chi connectivity index (χ4v) is 2.20. The Balaban J connectivity index is 2.62. The van der Waals surface area contributed by atoms with Crippen LogP contribution in [0.5, 0.6) is 0 Å². The Morgan fingerprint density at radius 1 is 1.13 bits per heavy atom. The number of Topliss-reactive ketones (excluding diaryl/α,β-unsaturated/α-hetero) is 1. The molecule has 0 amide bonds. The monoisotopic (exact) mass is 211 g/mol. The van der Waals surface area contributed by atoms with E-state index in [4.69, 9.17) is 0 Å². The molecule has 0 saturated carbocycles. The first-order valence-electron chi connectivity index (χ1n) is 5.92. The lowest BCUT2D eigenvalue weighted by Gasteiger charge is -2.32. The lowest BCUT2D eigenvalue weighted by atomic mass is 9.82. The van der Waals surface area contributed by atoms with Crippen LogP contribution in [0.15, 0.2) is 0 Å². The summed E-state index contributed by atoms with van der Waals surface area (Å²) < 4.78 is 0. The van der Waals surface area contributed by atoms with E-state index >= 15 is 0 Å². The molecule has 1 fully saturated rings. The largest absolute Gasteiger partial charge is 0.299 e. The van der Waals surface area contributed by atoms with Gasteiger partial charge in [0.1, 0.15) is 5.78 Å². The van der Waals surface area contributed by atoms with Gasteiger partial charge in [0.2, 0.25) is 0 Å². The number of nitrogens with zero attached hydrogens (tertiary/aromatic N) is 1. The predicted octanol–water partition coefficient (Wildman–Crippen LogP) is 2.72. The maximum absolute atomic E-state index is 12.1. The highest BCUT2D eigenvalue weighted by Gasteiger charge is 2.37. The summed E-state index contributed by atoms with van der Waals surface area (Å²) in [6.45, 7) is 14.7. The van der Waals surface area contributed by atoms with Crippen LogP contribution in [0, 0.1) is 11.3 Å². The Labute approximate surface area is 94.0 Å². The first-order chi connectivity index (χ1) is 6.62. The minimum atomic E-state index is -0.182. The van der Waals surface area contributed by atoms with Gasteiger partial charge in [-0.15, -0.1) is 0 Å². The molecule has 1 atom stereocenters. The molecule has 1 aliphatic rings. The van der Waals surface area contributed by atoms with E-state index in [2.05, 4.69) is 25.7 Å². The standard InChI is InChI=1S/C13H25NO/c1-12(2,3)11(15)10-7-8-14(9-10)13(4,5)6/h10H,7-9H2,1-6H3/t10-/m0/s1. The molecular weight excluding hydrogens is 186 g/mol. The van der Waals surface area contributed by atoms with Crippen molar-refractivity contribution in [1.29, 1.82) is 0 Å². The average Bonchev–Trinajstić information content (AvgIpc) is 2.47. The van der Waals surface area contributed by atoms with E-state index in [0.29, 0.717) is 5.78 Å². The van der Waals surface area contributed by atoms with Gasteiger partial charge in [0.25, 0.3) is 0 Å². The van der Waals surface area contributed by atoms with Gasteiger partial charge in [0.15, 0.2) is 0 Å². The second-order valence-corrected chi connectivity index (χ2v) is 6.72. The highest BCUT2D eigenvalue weighted by Crippen LogP contribution is 2.30. The summed E-state index contributed by atoms with van der Waals surface area (Å²) in [5.74, 6) is 0.679. The first-order valence-corrected chi connectivity index (χ1v) is 5.92. The third kappa shape index (κ3) is 3.04. The Hall–Kier alpha value is -0.370. The van der Waals surface area contributed by atoms with Gasteiger partial charge >= 0.3 is 0 Å². The zero-order chi connectivity index (χ0) is 11.9. The lowest BCUT2D eigenvalue weighted by molar-refractivity contribution is -0.130. The molecule has 0 aliphatic carbocycles. The molecule has 0 radical (unpaired) electrons. The van der Waals surface area contributed by atoms with Crippen molar-refractivity contribution >= 4 is 5.78 Å². The number of likely N-dealkylation sites (tertiary alicyclic amines) is 1. The normalized spacial score (nSPS) is 24.5. The molecule has 88 valence electrons. The van der Waals surface area contributed by atoms with Gasteiger partial charge in [0, 0.05) is 23.4 Å². The van der Waals surface area contributed by atoms with Crippen LogP contribution in [0.4, 0.5) is 0 Å². The van der Waals surface area contributed by atoms with E-state index in [-0.39, 0.29) is 16.9 Å². The van der Waals surface area contributed by atoms with E-state index in [1.165, 1.54) is 0 Å². The second-order valence-electron chi connectivity index (χ2n) is 6.72. The fraction of sp³-hybridized carbons (Fsp3) is 0.923. The Kier molecular flexibility index (Phi) is 3.30. The molecular formula is C13H25NO. The van der Waals surface area contributed by atoms with Crippen LogP contribution in [0.3, 0.4) is 0 Å². The molecule has 15 heavy (non-hydrogen) atoms. The summed E-state index contributed by atoms with van der Waals surface area (Å²) in [5, 5.41) is 0. The molecule has 0 aromatic rings. The minimum Gasteiger partial charge on any atom is -0.299 e. The Morgan fingerprint density at radius 3 is 2.00 bits per heavy atom. The maximum atomic E-state index is 12.1. The van der Waals surface area contributed by atoms with Crippen LogP contribution in [0.25, 0.3) is 0 Å². The SMILES string of the molecule is CC(C)(C)C(=O)[C@H]1CCN(C(C)(C)C)C1. The van der Waals surface area contributed by atoms with Gasteiger partial charge in [-0.2, -0.15) is 0 Å². The summed E-state index contributed by atoms with van der Waals surface area (Å²) in [7, 11) is 0. The quantitative estimate of drug-likeness (QED) is 0.664. The zero-order valence-electron chi connectivity index (χ0n) is 11.1. The summed E-state index contributed by atoms with van der Waals surface area (Å²) >= 11 is 0. The van der Waals surface area contributed by atoms with Crippen molar-refractivity contribution in [3.8, 4) is 0 Å². The smallest absolute Gasteiger partial charge is 0.142 e. The third-order valence-corrected chi connectivity index (χ3v) is 3.25. The van der Waals surface area contributed by atoms with E-state index in [0.717, 1.165) is 19.5 Å². The molecule has 1 aliphatic heterocycles. The van der Waals surface area contributed by atoms with Gasteiger partial charge < -0.3 is 0 Å². The molecule has 0 unspecified atom stereocenters. The van der Waals surface area contributed by atoms with Gasteiger partial charge in [-0.1, -0.05) is 20.8 Å². The summed E-state index contributed by atoms with van der Waals surface area (Å²) in [6, 6.07) is 0. The lowest BCUT2D eigenvalue weighted by Crippen LogP contribution is -2.40. The first kappa shape index (κ1) is 12.7. The molecule has 0 spiro atoms. The fourth-order valence-electron chi connectivity index (χ4n) is 2.20. The number of ketones is 1. The van der Waals surface area contributed by atoms with Crippen LogP contribution < -0.4 is 0 Å². The van der Waals surface area contributed by atoms with Crippen LogP contribution in [-0.2, 0) is 4.79 Å². The summed E-state index contributed by atoms with van der Waals surface area (Å²) in [4.78, 5) is 14.5. The van der Waals surface area contributed by atoms with Crippen molar-refractivity contribution in [3.63, 3.8) is 0 Å². The predicted molar refractivity (Wildman–Crippen MR) is 63.9 cm³/mol. The number of carbonyl (C=O) groups excluding carboxylic acids is 1. The minimum absolute atomic E-state index is 0.182. The van der Waals surface area contributed by atoms with E-state index in [1.54, 1.807) is 0 Å². The Morgan fingerprint density at radius 2 is 1.67 bits per heavy atom. The molecule has 0 aromatic carbocycles. The highest BCUT2D eigenvalue weighted by atomic mass is 16.1.